The molecule has 2 aliphatic rings. The van der Waals surface area contributed by atoms with E-state index in [1.54, 1.807) is 6.26 Å². The number of fused-ring (bicyclic) bond motifs is 3. The highest BCUT2D eigenvalue weighted by molar-refractivity contribution is 7.98. The third-order valence-corrected chi connectivity index (χ3v) is 6.78. The zero-order chi connectivity index (χ0) is 20.9. The average molecular weight is 460 g/mol. The van der Waals surface area contributed by atoms with Gasteiger partial charge in [-0.15, -0.1) is 0 Å². The number of amides is 1. The summed E-state index contributed by atoms with van der Waals surface area (Å²) < 4.78 is 6.03. The van der Waals surface area contributed by atoms with Gasteiger partial charge in [-0.3, -0.25) is 9.69 Å². The van der Waals surface area contributed by atoms with Crippen LogP contribution in [-0.4, -0.2) is 68.1 Å². The highest BCUT2D eigenvalue weighted by atomic mass is 35.5. The number of nitrogens with one attached hydrogen (secondary N) is 2. The Morgan fingerprint density at radius 1 is 1.38 bits per heavy atom. The maximum absolute atomic E-state index is 12.6. The molecular formula is C17H19Cl2N5O4S. The van der Waals surface area contributed by atoms with Crippen LogP contribution < -0.4 is 15.6 Å². The third kappa shape index (κ3) is 3.52. The summed E-state index contributed by atoms with van der Waals surface area (Å²) in [5.74, 6) is 0.0205. The number of thioether (sulfide) groups is 1. The molecule has 4 atom stereocenters. The number of piperazine rings is 1. The number of nitrogens with zero attached hydrogens (tertiary/aromatic N) is 3. The largest absolute Gasteiger partial charge is 0.472 e. The average Bonchev–Trinajstić information content (AvgIpc) is 2.98. The van der Waals surface area contributed by atoms with E-state index in [9.17, 15) is 14.7 Å². The summed E-state index contributed by atoms with van der Waals surface area (Å²) in [4.78, 5) is 37.0. The summed E-state index contributed by atoms with van der Waals surface area (Å²) in [6.45, 7) is 2.36. The van der Waals surface area contributed by atoms with Crippen molar-refractivity contribution in [1.29, 1.82) is 0 Å². The first-order valence-corrected chi connectivity index (χ1v) is 11.0. The first-order chi connectivity index (χ1) is 13.8. The zero-order valence-electron chi connectivity index (χ0n) is 15.6. The molecule has 0 aliphatic carbocycles. The highest BCUT2D eigenvalue weighted by Crippen LogP contribution is 2.35. The van der Waals surface area contributed by atoms with Crippen molar-refractivity contribution in [3.05, 3.63) is 20.5 Å². The Hall–Kier alpha value is -1.75. The quantitative estimate of drug-likeness (QED) is 0.362. The lowest BCUT2D eigenvalue weighted by Crippen LogP contribution is -2.63. The van der Waals surface area contributed by atoms with Crippen molar-refractivity contribution in [1.82, 2.24) is 25.2 Å². The minimum absolute atomic E-state index is 0.0174. The molecule has 1 unspecified atom stereocenters. The number of carboxylic acid groups (broad SMARTS) is 1. The standard InChI is InChI=1S/C17H19Cl2N5O4S/c1-6(11-8-4-3-7(5-20-11)24(8)17(26)27)28-15-9-12(10(18)13(19)22-15)21-16(29-2)23-14(9)25/h6-8,11,20H,3-5H2,1-2H3,(H,26,27)(H,21,23,25)/t6?,7-,8+,11-/m1/s1. The van der Waals surface area contributed by atoms with Crippen molar-refractivity contribution in [3.63, 3.8) is 0 Å². The van der Waals surface area contributed by atoms with E-state index in [-0.39, 0.29) is 45.1 Å². The van der Waals surface area contributed by atoms with Crippen molar-refractivity contribution in [2.24, 2.45) is 0 Å². The fourth-order valence-electron chi connectivity index (χ4n) is 4.18. The Morgan fingerprint density at radius 2 is 2.14 bits per heavy atom. The molecule has 1 amide bonds. The lowest BCUT2D eigenvalue weighted by atomic mass is 10.0. The molecule has 4 rings (SSSR count). The number of aromatic nitrogens is 3. The summed E-state index contributed by atoms with van der Waals surface area (Å²) in [7, 11) is 0. The normalized spacial score (nSPS) is 24.7. The lowest BCUT2D eigenvalue weighted by molar-refractivity contribution is 0.0544. The predicted octanol–water partition coefficient (Wildman–Crippen LogP) is 2.60. The lowest BCUT2D eigenvalue weighted by Gasteiger charge is -2.41. The van der Waals surface area contributed by atoms with Crippen LogP contribution in [-0.2, 0) is 0 Å². The van der Waals surface area contributed by atoms with Crippen molar-refractivity contribution >= 4 is 52.0 Å². The van der Waals surface area contributed by atoms with E-state index in [4.69, 9.17) is 27.9 Å². The molecular weight excluding hydrogens is 441 g/mol. The molecule has 12 heteroatoms. The minimum Gasteiger partial charge on any atom is -0.472 e. The maximum atomic E-state index is 12.6. The molecule has 156 valence electrons. The second kappa shape index (κ2) is 7.82. The second-order valence-electron chi connectivity index (χ2n) is 7.07. The van der Waals surface area contributed by atoms with E-state index in [2.05, 4.69) is 20.3 Å². The number of aromatic amines is 1. The molecule has 2 fully saturated rings. The van der Waals surface area contributed by atoms with Gasteiger partial charge in [0.1, 0.15) is 22.0 Å². The van der Waals surface area contributed by atoms with Gasteiger partial charge in [-0.25, -0.2) is 9.78 Å². The Morgan fingerprint density at radius 3 is 2.83 bits per heavy atom. The summed E-state index contributed by atoms with van der Waals surface area (Å²) in [5, 5.41) is 13.5. The number of rotatable bonds is 4. The van der Waals surface area contributed by atoms with Gasteiger partial charge in [0.25, 0.3) is 5.56 Å². The molecule has 0 radical (unpaired) electrons. The number of hydrogen-bond donors (Lipinski definition) is 3. The monoisotopic (exact) mass is 459 g/mol. The van der Waals surface area contributed by atoms with E-state index in [1.807, 2.05) is 6.92 Å². The number of carbonyl (C=O) groups is 1. The number of halogens is 2. The summed E-state index contributed by atoms with van der Waals surface area (Å²) >= 11 is 13.6. The molecule has 0 spiro atoms. The molecule has 2 aliphatic heterocycles. The van der Waals surface area contributed by atoms with Crippen LogP contribution in [0.3, 0.4) is 0 Å². The number of hydrogen-bond acceptors (Lipinski definition) is 7. The van der Waals surface area contributed by atoms with Crippen LogP contribution in [0.1, 0.15) is 19.8 Å². The summed E-state index contributed by atoms with van der Waals surface area (Å²) in [6, 6.07) is -0.495. The fourth-order valence-corrected chi connectivity index (χ4v) is 4.91. The molecule has 9 nitrogen and oxygen atoms in total. The van der Waals surface area contributed by atoms with E-state index in [0.717, 1.165) is 12.8 Å². The van der Waals surface area contributed by atoms with E-state index < -0.39 is 17.8 Å². The first-order valence-electron chi connectivity index (χ1n) is 9.06. The zero-order valence-corrected chi connectivity index (χ0v) is 17.9. The van der Waals surface area contributed by atoms with Gasteiger partial charge in [-0.2, -0.15) is 4.98 Å². The van der Waals surface area contributed by atoms with Gasteiger partial charge in [0, 0.05) is 12.6 Å². The van der Waals surface area contributed by atoms with E-state index >= 15 is 0 Å². The van der Waals surface area contributed by atoms with Gasteiger partial charge in [0.15, 0.2) is 10.3 Å². The SMILES string of the molecule is CSc1nc2c(Cl)c(Cl)nc(OC(C)[C@H]3NC[C@H]4CC[C@@H]3N4C(=O)O)c2c(=O)[nH]1. The van der Waals surface area contributed by atoms with Crippen LogP contribution in [0.2, 0.25) is 10.2 Å². The van der Waals surface area contributed by atoms with Crippen LogP contribution in [0, 0.1) is 0 Å². The summed E-state index contributed by atoms with van der Waals surface area (Å²) in [5.41, 5.74) is -0.219. The first kappa shape index (κ1) is 20.5. The van der Waals surface area contributed by atoms with Crippen LogP contribution >= 0.6 is 35.0 Å². The van der Waals surface area contributed by atoms with Gasteiger partial charge in [-0.1, -0.05) is 35.0 Å². The van der Waals surface area contributed by atoms with Crippen molar-refractivity contribution in [3.8, 4) is 5.88 Å². The van der Waals surface area contributed by atoms with Gasteiger partial charge in [0.2, 0.25) is 5.88 Å². The Labute approximate surface area is 180 Å². The molecule has 0 aromatic carbocycles. The molecule has 2 aromatic heterocycles. The Bertz CT molecular complexity index is 1040. The van der Waals surface area contributed by atoms with Crippen LogP contribution in [0.5, 0.6) is 5.88 Å². The topological polar surface area (TPSA) is 120 Å². The van der Waals surface area contributed by atoms with Gasteiger partial charge in [0.05, 0.1) is 12.1 Å². The van der Waals surface area contributed by atoms with E-state index in [0.29, 0.717) is 11.7 Å². The Balaban J connectivity index is 1.70. The molecule has 4 heterocycles. The molecule has 0 saturated carbocycles. The highest BCUT2D eigenvalue weighted by Gasteiger charge is 2.47. The number of ether oxygens (including phenoxy) is 1. The van der Waals surface area contributed by atoms with Crippen molar-refractivity contribution < 1.29 is 14.6 Å². The predicted molar refractivity (Wildman–Crippen MR) is 111 cm³/mol. The smallest absolute Gasteiger partial charge is 0.407 e. The molecule has 2 bridgehead atoms. The molecule has 3 N–H and O–H groups in total. The fraction of sp³-hybridized carbons (Fsp3) is 0.529. The summed E-state index contributed by atoms with van der Waals surface area (Å²) in [6.07, 6.45) is 1.92. The van der Waals surface area contributed by atoms with Gasteiger partial charge >= 0.3 is 6.09 Å². The molecule has 2 aromatic rings. The van der Waals surface area contributed by atoms with Gasteiger partial charge in [-0.05, 0) is 26.0 Å². The van der Waals surface area contributed by atoms with E-state index in [1.165, 1.54) is 16.7 Å². The van der Waals surface area contributed by atoms with Crippen LogP contribution in [0.25, 0.3) is 10.9 Å². The number of pyridine rings is 1. The van der Waals surface area contributed by atoms with Crippen LogP contribution in [0.4, 0.5) is 4.79 Å². The van der Waals surface area contributed by atoms with Gasteiger partial charge < -0.3 is 20.1 Å². The second-order valence-corrected chi connectivity index (χ2v) is 8.60. The minimum atomic E-state index is -0.931. The molecule has 29 heavy (non-hydrogen) atoms. The Kier molecular flexibility index (Phi) is 5.54. The van der Waals surface area contributed by atoms with Crippen molar-refractivity contribution in [2.45, 2.75) is 49.2 Å². The maximum Gasteiger partial charge on any atom is 0.407 e. The number of H-pyrrole nitrogens is 1. The van der Waals surface area contributed by atoms with Crippen molar-refractivity contribution in [2.75, 3.05) is 12.8 Å². The third-order valence-electron chi connectivity index (χ3n) is 5.47. The van der Waals surface area contributed by atoms with Crippen LogP contribution in [0.15, 0.2) is 9.95 Å². The molecule has 2 saturated heterocycles.